The molecule has 1 aromatic carbocycles. The van der Waals surface area contributed by atoms with Gasteiger partial charge in [-0.1, -0.05) is 6.07 Å². The minimum atomic E-state index is -4.39. The van der Waals surface area contributed by atoms with Gasteiger partial charge >= 0.3 is 12.2 Å². The molecule has 0 bridgehead atoms. The van der Waals surface area contributed by atoms with Crippen LogP contribution in [0, 0.1) is 0 Å². The number of benzene rings is 1. The average Bonchev–Trinajstić information content (AvgIpc) is 3.16. The first kappa shape index (κ1) is 19.7. The maximum Gasteiger partial charge on any atom is 0.416 e. The van der Waals surface area contributed by atoms with Crippen LogP contribution in [0.3, 0.4) is 0 Å². The summed E-state index contributed by atoms with van der Waals surface area (Å²) in [5.74, 6) is 0. The molecule has 1 aromatic heterocycles. The standard InChI is InChI=1S/C19H21F3N2O2S/c20-19(21,22)14-3-5-15(6-4-14)23-18(25)24(16-8-11-26-12-9-16)10-7-17-2-1-13-27-17/h1-6,13,16H,7-12H2,(H,23,25). The van der Waals surface area contributed by atoms with Crippen molar-refractivity contribution in [3.05, 3.63) is 52.2 Å². The number of halogens is 3. The predicted molar refractivity (Wildman–Crippen MR) is 99.0 cm³/mol. The van der Waals surface area contributed by atoms with Crippen molar-refractivity contribution in [2.24, 2.45) is 0 Å². The van der Waals surface area contributed by atoms with Gasteiger partial charge in [-0.2, -0.15) is 13.2 Å². The Morgan fingerprint density at radius 1 is 1.19 bits per heavy atom. The molecule has 0 unspecified atom stereocenters. The Balaban J connectivity index is 1.67. The number of anilines is 1. The van der Waals surface area contributed by atoms with Gasteiger partial charge in [0, 0.05) is 36.4 Å². The highest BCUT2D eigenvalue weighted by molar-refractivity contribution is 7.09. The van der Waals surface area contributed by atoms with Crippen LogP contribution >= 0.6 is 11.3 Å². The van der Waals surface area contributed by atoms with Crippen LogP contribution in [0.25, 0.3) is 0 Å². The minimum Gasteiger partial charge on any atom is -0.381 e. The fourth-order valence-corrected chi connectivity index (χ4v) is 3.77. The van der Waals surface area contributed by atoms with Crippen LogP contribution in [0.15, 0.2) is 41.8 Å². The van der Waals surface area contributed by atoms with Gasteiger partial charge in [0.25, 0.3) is 0 Å². The van der Waals surface area contributed by atoms with E-state index < -0.39 is 11.7 Å². The quantitative estimate of drug-likeness (QED) is 0.768. The molecule has 2 heterocycles. The number of hydrogen-bond donors (Lipinski definition) is 1. The third-order valence-corrected chi connectivity index (χ3v) is 5.47. The molecule has 3 rings (SSSR count). The number of ether oxygens (including phenoxy) is 1. The molecule has 8 heteroatoms. The number of thiophene rings is 1. The van der Waals surface area contributed by atoms with Crippen molar-refractivity contribution in [3.63, 3.8) is 0 Å². The van der Waals surface area contributed by atoms with E-state index in [9.17, 15) is 18.0 Å². The molecule has 1 fully saturated rings. The first-order valence-electron chi connectivity index (χ1n) is 8.78. The summed E-state index contributed by atoms with van der Waals surface area (Å²) in [6.45, 7) is 1.76. The summed E-state index contributed by atoms with van der Waals surface area (Å²) in [5.41, 5.74) is -0.388. The summed E-state index contributed by atoms with van der Waals surface area (Å²) in [6.07, 6.45) is -2.14. The van der Waals surface area contributed by atoms with Crippen molar-refractivity contribution in [2.75, 3.05) is 25.1 Å². The molecule has 1 aliphatic rings. The van der Waals surface area contributed by atoms with Crippen molar-refractivity contribution in [1.29, 1.82) is 0 Å². The van der Waals surface area contributed by atoms with E-state index in [0.717, 1.165) is 31.4 Å². The van der Waals surface area contributed by atoms with Crippen LogP contribution in [0.5, 0.6) is 0 Å². The third-order valence-electron chi connectivity index (χ3n) is 4.54. The van der Waals surface area contributed by atoms with E-state index in [1.807, 2.05) is 17.5 Å². The van der Waals surface area contributed by atoms with Gasteiger partial charge in [0.05, 0.1) is 5.56 Å². The molecule has 1 saturated heterocycles. The summed E-state index contributed by atoms with van der Waals surface area (Å²) in [5, 5.41) is 4.73. The molecule has 0 aliphatic carbocycles. The van der Waals surface area contributed by atoms with Crippen LogP contribution < -0.4 is 5.32 Å². The monoisotopic (exact) mass is 398 g/mol. The maximum atomic E-state index is 12.8. The van der Waals surface area contributed by atoms with Crippen LogP contribution in [0.2, 0.25) is 0 Å². The van der Waals surface area contributed by atoms with Gasteiger partial charge in [0.1, 0.15) is 0 Å². The smallest absolute Gasteiger partial charge is 0.381 e. The molecule has 27 heavy (non-hydrogen) atoms. The van der Waals surface area contributed by atoms with Gasteiger partial charge in [-0.15, -0.1) is 11.3 Å². The normalized spacial score (nSPS) is 15.5. The summed E-state index contributed by atoms with van der Waals surface area (Å²) >= 11 is 1.64. The highest BCUT2D eigenvalue weighted by atomic mass is 32.1. The Kier molecular flexibility index (Phi) is 6.38. The van der Waals surface area contributed by atoms with Gasteiger partial charge in [-0.05, 0) is 55.0 Å². The Labute approximate surface area is 159 Å². The topological polar surface area (TPSA) is 41.6 Å². The Hall–Kier alpha value is -2.06. The van der Waals surface area contributed by atoms with Crippen molar-refractivity contribution in [2.45, 2.75) is 31.5 Å². The largest absolute Gasteiger partial charge is 0.416 e. The SMILES string of the molecule is O=C(Nc1ccc(C(F)(F)F)cc1)N(CCc1cccs1)C1CCOCC1. The van der Waals surface area contributed by atoms with Gasteiger partial charge < -0.3 is 15.0 Å². The predicted octanol–water partition coefficient (Wildman–Crippen LogP) is 5.02. The molecular weight excluding hydrogens is 377 g/mol. The van der Waals surface area contributed by atoms with Crippen molar-refractivity contribution in [3.8, 4) is 0 Å². The number of nitrogens with zero attached hydrogens (tertiary/aromatic N) is 1. The second-order valence-electron chi connectivity index (χ2n) is 6.37. The van der Waals surface area contributed by atoms with Crippen LogP contribution in [0.4, 0.5) is 23.7 Å². The number of urea groups is 1. The molecule has 0 saturated carbocycles. The molecule has 2 aromatic rings. The van der Waals surface area contributed by atoms with Gasteiger partial charge in [-0.3, -0.25) is 0 Å². The third kappa shape index (κ3) is 5.46. The van der Waals surface area contributed by atoms with Crippen molar-refractivity contribution < 1.29 is 22.7 Å². The van der Waals surface area contributed by atoms with E-state index in [2.05, 4.69) is 5.32 Å². The second-order valence-corrected chi connectivity index (χ2v) is 7.40. The fraction of sp³-hybridized carbons (Fsp3) is 0.421. The van der Waals surface area contributed by atoms with Crippen LogP contribution in [0.1, 0.15) is 23.3 Å². The Bertz CT molecular complexity index is 726. The average molecular weight is 398 g/mol. The summed E-state index contributed by atoms with van der Waals surface area (Å²) < 4.78 is 43.4. The molecule has 4 nitrogen and oxygen atoms in total. The van der Waals surface area contributed by atoms with Gasteiger partial charge in [0.15, 0.2) is 0 Å². The Morgan fingerprint density at radius 2 is 1.89 bits per heavy atom. The zero-order valence-corrected chi connectivity index (χ0v) is 15.5. The lowest BCUT2D eigenvalue weighted by atomic mass is 10.1. The highest BCUT2D eigenvalue weighted by Gasteiger charge is 2.30. The molecule has 2 amide bonds. The highest BCUT2D eigenvalue weighted by Crippen LogP contribution is 2.30. The molecule has 0 spiro atoms. The number of hydrogen-bond acceptors (Lipinski definition) is 3. The van der Waals surface area contributed by atoms with Crippen LogP contribution in [-0.4, -0.2) is 36.7 Å². The van der Waals surface area contributed by atoms with E-state index in [-0.39, 0.29) is 12.1 Å². The number of carbonyl (C=O) groups excluding carboxylic acids is 1. The zero-order chi connectivity index (χ0) is 19.3. The molecule has 0 atom stereocenters. The lowest BCUT2D eigenvalue weighted by molar-refractivity contribution is -0.137. The Morgan fingerprint density at radius 3 is 2.48 bits per heavy atom. The van der Waals surface area contributed by atoms with Crippen LogP contribution in [-0.2, 0) is 17.3 Å². The number of alkyl halides is 3. The van der Waals surface area contributed by atoms with E-state index in [0.29, 0.717) is 25.4 Å². The molecule has 1 aliphatic heterocycles. The van der Waals surface area contributed by atoms with Crippen molar-refractivity contribution in [1.82, 2.24) is 4.90 Å². The van der Waals surface area contributed by atoms with Gasteiger partial charge in [-0.25, -0.2) is 4.79 Å². The van der Waals surface area contributed by atoms with E-state index in [1.54, 1.807) is 16.2 Å². The molecule has 1 N–H and O–H groups in total. The summed E-state index contributed by atoms with van der Waals surface area (Å²) in [6, 6.07) is 8.28. The van der Waals surface area contributed by atoms with E-state index in [4.69, 9.17) is 4.74 Å². The molecule has 146 valence electrons. The summed E-state index contributed by atoms with van der Waals surface area (Å²) in [4.78, 5) is 15.8. The summed E-state index contributed by atoms with van der Waals surface area (Å²) in [7, 11) is 0. The van der Waals surface area contributed by atoms with E-state index >= 15 is 0 Å². The molecular formula is C19H21F3N2O2S. The minimum absolute atomic E-state index is 0.0631. The second kappa shape index (κ2) is 8.75. The first-order chi connectivity index (χ1) is 12.9. The fourth-order valence-electron chi connectivity index (χ4n) is 3.07. The molecule has 0 radical (unpaired) electrons. The maximum absolute atomic E-state index is 12.8. The lowest BCUT2D eigenvalue weighted by Gasteiger charge is -2.34. The number of rotatable bonds is 5. The van der Waals surface area contributed by atoms with Crippen molar-refractivity contribution >= 4 is 23.1 Å². The van der Waals surface area contributed by atoms with Gasteiger partial charge in [0.2, 0.25) is 0 Å². The number of nitrogens with one attached hydrogen (secondary N) is 1. The first-order valence-corrected chi connectivity index (χ1v) is 9.66. The zero-order valence-electron chi connectivity index (χ0n) is 14.7. The number of amides is 2. The lowest BCUT2D eigenvalue weighted by Crippen LogP contribution is -2.46. The van der Waals surface area contributed by atoms with E-state index in [1.165, 1.54) is 17.0 Å². The number of carbonyl (C=O) groups is 1.